The Morgan fingerprint density at radius 3 is 2.65 bits per heavy atom. The number of nitrogens with one attached hydrogen (secondary N) is 1. The van der Waals surface area contributed by atoms with Gasteiger partial charge in [0.2, 0.25) is 0 Å². The van der Waals surface area contributed by atoms with Crippen molar-refractivity contribution in [2.75, 3.05) is 20.6 Å². The first-order chi connectivity index (χ1) is 7.92. The number of aryl methyl sites for hydroxylation is 1. The highest BCUT2D eigenvalue weighted by Gasteiger charge is 2.11. The molecule has 1 rings (SSSR count). The van der Waals surface area contributed by atoms with Gasteiger partial charge in [0.05, 0.1) is 0 Å². The molecule has 1 aromatic carbocycles. The number of rotatable bonds is 6. The summed E-state index contributed by atoms with van der Waals surface area (Å²) in [4.78, 5) is 0. The quantitative estimate of drug-likeness (QED) is 0.739. The topological polar surface area (TPSA) is 69.6 Å². The SMILES string of the molecule is CN(C)S(=O)(=O)NCCCc1cccc(O)c1. The van der Waals surface area contributed by atoms with E-state index in [0.29, 0.717) is 13.0 Å². The number of phenolic OH excluding ortho intramolecular Hbond substituents is 1. The third kappa shape index (κ3) is 4.72. The molecule has 1 aromatic rings. The molecule has 0 aliphatic rings. The fourth-order valence-electron chi connectivity index (χ4n) is 1.33. The molecule has 0 heterocycles. The molecule has 0 fully saturated rings. The van der Waals surface area contributed by atoms with Crippen molar-refractivity contribution in [2.45, 2.75) is 12.8 Å². The minimum absolute atomic E-state index is 0.233. The zero-order valence-electron chi connectivity index (χ0n) is 10.0. The van der Waals surface area contributed by atoms with E-state index in [1.165, 1.54) is 14.1 Å². The van der Waals surface area contributed by atoms with E-state index in [9.17, 15) is 13.5 Å². The maximum atomic E-state index is 11.4. The van der Waals surface area contributed by atoms with Gasteiger partial charge in [0.15, 0.2) is 0 Å². The van der Waals surface area contributed by atoms with Gasteiger partial charge in [-0.2, -0.15) is 12.7 Å². The van der Waals surface area contributed by atoms with E-state index in [1.54, 1.807) is 18.2 Å². The highest BCUT2D eigenvalue weighted by Crippen LogP contribution is 2.12. The Balaban J connectivity index is 2.35. The van der Waals surface area contributed by atoms with Gasteiger partial charge in [-0.05, 0) is 30.5 Å². The first-order valence-electron chi connectivity index (χ1n) is 5.37. The molecule has 0 aliphatic carbocycles. The summed E-state index contributed by atoms with van der Waals surface area (Å²) in [6.45, 7) is 0.385. The second-order valence-electron chi connectivity index (χ2n) is 3.96. The van der Waals surface area contributed by atoms with E-state index in [2.05, 4.69) is 4.72 Å². The van der Waals surface area contributed by atoms with Crippen molar-refractivity contribution in [1.29, 1.82) is 0 Å². The molecule has 17 heavy (non-hydrogen) atoms. The molecule has 0 unspecified atom stereocenters. The molecular formula is C11H18N2O3S. The molecule has 0 bridgehead atoms. The van der Waals surface area contributed by atoms with Crippen molar-refractivity contribution in [1.82, 2.24) is 9.03 Å². The van der Waals surface area contributed by atoms with E-state index >= 15 is 0 Å². The van der Waals surface area contributed by atoms with Crippen LogP contribution in [0.4, 0.5) is 0 Å². The number of benzene rings is 1. The summed E-state index contributed by atoms with van der Waals surface area (Å²) < 4.78 is 26.4. The van der Waals surface area contributed by atoms with E-state index < -0.39 is 10.2 Å². The van der Waals surface area contributed by atoms with Crippen molar-refractivity contribution in [2.24, 2.45) is 0 Å². The Kier molecular flexibility index (Phi) is 4.92. The van der Waals surface area contributed by atoms with Crippen molar-refractivity contribution in [3.8, 4) is 5.75 Å². The zero-order valence-corrected chi connectivity index (χ0v) is 10.9. The lowest BCUT2D eigenvalue weighted by Gasteiger charge is -2.12. The number of hydrogen-bond donors (Lipinski definition) is 2. The van der Waals surface area contributed by atoms with Crippen LogP contribution in [0.3, 0.4) is 0 Å². The van der Waals surface area contributed by atoms with E-state index in [0.717, 1.165) is 16.3 Å². The molecule has 0 aromatic heterocycles. The van der Waals surface area contributed by atoms with Gasteiger partial charge in [-0.1, -0.05) is 12.1 Å². The van der Waals surface area contributed by atoms with Crippen LogP contribution in [-0.4, -0.2) is 38.5 Å². The fourth-order valence-corrected chi connectivity index (χ4v) is 2.00. The Morgan fingerprint density at radius 1 is 1.35 bits per heavy atom. The molecule has 5 nitrogen and oxygen atoms in total. The van der Waals surface area contributed by atoms with Crippen LogP contribution in [0.25, 0.3) is 0 Å². The molecule has 0 radical (unpaired) electrons. The largest absolute Gasteiger partial charge is 0.508 e. The number of hydrogen-bond acceptors (Lipinski definition) is 3. The van der Waals surface area contributed by atoms with E-state index in [-0.39, 0.29) is 5.75 Å². The normalized spacial score (nSPS) is 11.9. The van der Waals surface area contributed by atoms with Gasteiger partial charge in [-0.3, -0.25) is 0 Å². The first kappa shape index (κ1) is 14.0. The monoisotopic (exact) mass is 258 g/mol. The first-order valence-corrected chi connectivity index (χ1v) is 6.81. The van der Waals surface area contributed by atoms with Crippen LogP contribution in [0.1, 0.15) is 12.0 Å². The summed E-state index contributed by atoms with van der Waals surface area (Å²) in [6.07, 6.45) is 1.42. The summed E-state index contributed by atoms with van der Waals surface area (Å²) in [5.41, 5.74) is 0.994. The van der Waals surface area contributed by atoms with Gasteiger partial charge in [0.25, 0.3) is 10.2 Å². The average Bonchev–Trinajstić information content (AvgIpc) is 2.24. The second-order valence-corrected chi connectivity index (χ2v) is 5.92. The molecule has 0 amide bonds. The van der Waals surface area contributed by atoms with Crippen LogP contribution in [0.5, 0.6) is 5.75 Å². The number of phenols is 1. The van der Waals surface area contributed by atoms with Gasteiger partial charge in [-0.15, -0.1) is 0 Å². The summed E-state index contributed by atoms with van der Waals surface area (Å²) >= 11 is 0. The molecule has 96 valence electrons. The summed E-state index contributed by atoms with van der Waals surface area (Å²) in [6, 6.07) is 6.97. The van der Waals surface area contributed by atoms with Gasteiger partial charge in [-0.25, -0.2) is 4.72 Å². The predicted molar refractivity (Wildman–Crippen MR) is 67.0 cm³/mol. The molecule has 0 spiro atoms. The molecule has 0 atom stereocenters. The van der Waals surface area contributed by atoms with E-state index in [1.807, 2.05) is 6.07 Å². The van der Waals surface area contributed by atoms with Crippen molar-refractivity contribution in [3.05, 3.63) is 29.8 Å². The van der Waals surface area contributed by atoms with E-state index in [4.69, 9.17) is 0 Å². The summed E-state index contributed by atoms with van der Waals surface area (Å²) in [7, 11) is -0.359. The highest BCUT2D eigenvalue weighted by atomic mass is 32.2. The van der Waals surface area contributed by atoms with Crippen LogP contribution in [0, 0.1) is 0 Å². The second kappa shape index (κ2) is 6.00. The van der Waals surface area contributed by atoms with Gasteiger partial charge < -0.3 is 5.11 Å². The van der Waals surface area contributed by atoms with Crippen LogP contribution >= 0.6 is 0 Å². The number of aromatic hydroxyl groups is 1. The molecule has 0 aliphatic heterocycles. The van der Waals surface area contributed by atoms with Crippen LogP contribution in [0.2, 0.25) is 0 Å². The molecule has 2 N–H and O–H groups in total. The third-order valence-corrected chi connectivity index (χ3v) is 3.85. The lowest BCUT2D eigenvalue weighted by atomic mass is 10.1. The van der Waals surface area contributed by atoms with Crippen molar-refractivity contribution in [3.63, 3.8) is 0 Å². The van der Waals surface area contributed by atoms with Crippen LogP contribution in [-0.2, 0) is 16.6 Å². The lowest BCUT2D eigenvalue weighted by Crippen LogP contribution is -2.36. The van der Waals surface area contributed by atoms with Crippen LogP contribution in [0.15, 0.2) is 24.3 Å². The maximum Gasteiger partial charge on any atom is 0.278 e. The Hall–Kier alpha value is -1.11. The molecular weight excluding hydrogens is 240 g/mol. The van der Waals surface area contributed by atoms with Crippen molar-refractivity contribution < 1.29 is 13.5 Å². The van der Waals surface area contributed by atoms with Gasteiger partial charge in [0.1, 0.15) is 5.75 Å². The summed E-state index contributed by atoms with van der Waals surface area (Å²) in [5, 5.41) is 9.25. The minimum Gasteiger partial charge on any atom is -0.508 e. The molecule has 0 saturated carbocycles. The smallest absolute Gasteiger partial charge is 0.278 e. The highest BCUT2D eigenvalue weighted by molar-refractivity contribution is 7.87. The van der Waals surface area contributed by atoms with Gasteiger partial charge in [0, 0.05) is 20.6 Å². The third-order valence-electron chi connectivity index (χ3n) is 2.32. The zero-order chi connectivity index (χ0) is 12.9. The fraction of sp³-hybridized carbons (Fsp3) is 0.455. The minimum atomic E-state index is -3.33. The number of nitrogens with zero attached hydrogens (tertiary/aromatic N) is 1. The maximum absolute atomic E-state index is 11.4. The Labute approximate surface area is 102 Å². The van der Waals surface area contributed by atoms with Gasteiger partial charge >= 0.3 is 0 Å². The summed E-state index contributed by atoms with van der Waals surface area (Å²) in [5.74, 6) is 0.233. The predicted octanol–water partition coefficient (Wildman–Crippen LogP) is 0.721. The lowest BCUT2D eigenvalue weighted by molar-refractivity contribution is 0.474. The Bertz CT molecular complexity index is 458. The Morgan fingerprint density at radius 2 is 2.06 bits per heavy atom. The average molecular weight is 258 g/mol. The van der Waals surface area contributed by atoms with Crippen LogP contribution < -0.4 is 4.72 Å². The van der Waals surface area contributed by atoms with Crippen molar-refractivity contribution >= 4 is 10.2 Å². The molecule has 6 heteroatoms. The standard InChI is InChI=1S/C11H18N2O3S/c1-13(2)17(15,16)12-8-4-6-10-5-3-7-11(14)9-10/h3,5,7,9,12,14H,4,6,8H2,1-2H3. The molecule has 0 saturated heterocycles.